The number of rotatable bonds is 9. The number of Topliss-reactive ketones (excluding diaryl/α,β-unsaturated/α-hetero) is 1. The molecule has 0 aliphatic carbocycles. The molecule has 10 heteroatoms. The molecule has 2 aliphatic rings. The molecule has 3 aromatic rings. The van der Waals surface area contributed by atoms with Gasteiger partial charge in [-0.25, -0.2) is 4.79 Å². The predicted molar refractivity (Wildman–Crippen MR) is 176 cm³/mol. The Kier molecular flexibility index (Phi) is 9.39. The van der Waals surface area contributed by atoms with Gasteiger partial charge in [-0.2, -0.15) is 0 Å². The third-order valence-electron chi connectivity index (χ3n) is 7.64. The van der Waals surface area contributed by atoms with Crippen LogP contribution in [0.4, 0.5) is 16.2 Å². The van der Waals surface area contributed by atoms with Crippen molar-refractivity contribution in [3.63, 3.8) is 0 Å². The maximum atomic E-state index is 13.4. The van der Waals surface area contributed by atoms with Crippen LogP contribution in [0.25, 0.3) is 0 Å². The van der Waals surface area contributed by atoms with Crippen LogP contribution in [0.2, 0.25) is 0 Å². The molecule has 0 spiro atoms. The van der Waals surface area contributed by atoms with E-state index in [0.29, 0.717) is 29.4 Å². The van der Waals surface area contributed by atoms with Crippen molar-refractivity contribution < 1.29 is 23.8 Å². The van der Waals surface area contributed by atoms with Crippen molar-refractivity contribution in [3.05, 3.63) is 84.4 Å². The highest BCUT2D eigenvalue weighted by atomic mass is 32.2. The summed E-state index contributed by atoms with van der Waals surface area (Å²) in [4.78, 5) is 29.4. The molecule has 3 aromatic carbocycles. The van der Waals surface area contributed by atoms with E-state index in [1.54, 1.807) is 4.90 Å². The molecule has 1 saturated heterocycles. The summed E-state index contributed by atoms with van der Waals surface area (Å²) in [5.41, 5.74) is 0.732. The van der Waals surface area contributed by atoms with E-state index >= 15 is 0 Å². The van der Waals surface area contributed by atoms with Gasteiger partial charge in [0.15, 0.2) is 11.4 Å². The number of amides is 1. The SMILES string of the molecule is CSC(=N)C1(COc2ccc(OC3CCN(C(=O)OC(C)(C)C)CC3)cc2)Nc2ccccc2N1CC(=O)c1ccccc1. The number of nitrogens with one attached hydrogen (secondary N) is 2. The molecule has 9 nitrogen and oxygen atoms in total. The first-order chi connectivity index (χ1) is 21.1. The number of hydrogen-bond donors (Lipinski definition) is 2. The Bertz CT molecular complexity index is 1470. The molecule has 1 amide bonds. The molecule has 0 aromatic heterocycles. The zero-order chi connectivity index (χ0) is 31.3. The highest BCUT2D eigenvalue weighted by Gasteiger charge is 2.48. The van der Waals surface area contributed by atoms with Gasteiger partial charge >= 0.3 is 6.09 Å². The lowest BCUT2D eigenvalue weighted by molar-refractivity contribution is 0.0126. The molecule has 1 unspecified atom stereocenters. The van der Waals surface area contributed by atoms with E-state index in [1.165, 1.54) is 11.8 Å². The van der Waals surface area contributed by atoms with Crippen molar-refractivity contribution in [2.24, 2.45) is 0 Å². The molecule has 5 rings (SSSR count). The normalized spacial score (nSPS) is 18.3. The Morgan fingerprint density at radius 1 is 0.955 bits per heavy atom. The van der Waals surface area contributed by atoms with E-state index in [2.05, 4.69) is 5.32 Å². The minimum atomic E-state index is -1.06. The Hall–Kier alpha value is -4.18. The van der Waals surface area contributed by atoms with Crippen molar-refractivity contribution in [2.45, 2.75) is 51.0 Å². The number of hydrogen-bond acceptors (Lipinski definition) is 9. The summed E-state index contributed by atoms with van der Waals surface area (Å²) >= 11 is 1.31. The maximum absolute atomic E-state index is 13.4. The first-order valence-electron chi connectivity index (χ1n) is 14.8. The summed E-state index contributed by atoms with van der Waals surface area (Å²) in [6.45, 7) is 6.96. The van der Waals surface area contributed by atoms with E-state index in [9.17, 15) is 9.59 Å². The van der Waals surface area contributed by atoms with Gasteiger partial charge in [0.05, 0.1) is 17.9 Å². The van der Waals surface area contributed by atoms with Crippen LogP contribution in [0.15, 0.2) is 78.9 Å². The van der Waals surface area contributed by atoms with Crippen LogP contribution in [0.1, 0.15) is 44.0 Å². The van der Waals surface area contributed by atoms with Crippen LogP contribution in [0, 0.1) is 5.41 Å². The number of ether oxygens (including phenoxy) is 3. The highest BCUT2D eigenvalue weighted by molar-refractivity contribution is 8.13. The van der Waals surface area contributed by atoms with E-state index in [4.69, 9.17) is 19.6 Å². The molecule has 0 radical (unpaired) electrons. The fraction of sp³-hybridized carbons (Fsp3) is 0.382. The lowest BCUT2D eigenvalue weighted by atomic mass is 10.1. The molecule has 0 bridgehead atoms. The fourth-order valence-electron chi connectivity index (χ4n) is 5.39. The molecule has 1 fully saturated rings. The lowest BCUT2D eigenvalue weighted by Crippen LogP contribution is -2.61. The number of ketones is 1. The second kappa shape index (κ2) is 13.2. The summed E-state index contributed by atoms with van der Waals surface area (Å²) in [5.74, 6) is 1.30. The number of thioether (sulfide) groups is 1. The van der Waals surface area contributed by atoms with E-state index in [-0.39, 0.29) is 31.1 Å². The van der Waals surface area contributed by atoms with Crippen LogP contribution < -0.4 is 19.7 Å². The number of anilines is 2. The van der Waals surface area contributed by atoms with Gasteiger partial charge < -0.3 is 29.3 Å². The Balaban J connectivity index is 1.24. The molecule has 44 heavy (non-hydrogen) atoms. The average molecular weight is 617 g/mol. The smallest absolute Gasteiger partial charge is 0.410 e. The quantitative estimate of drug-likeness (QED) is 0.156. The second-order valence-electron chi connectivity index (χ2n) is 12.0. The fourth-order valence-corrected chi connectivity index (χ4v) is 5.95. The first-order valence-corrected chi connectivity index (χ1v) is 16.0. The van der Waals surface area contributed by atoms with Crippen LogP contribution in [-0.2, 0) is 4.74 Å². The number of benzene rings is 3. The minimum absolute atomic E-state index is 0.00248. The van der Waals surface area contributed by atoms with Gasteiger partial charge in [0.1, 0.15) is 34.9 Å². The number of para-hydroxylation sites is 2. The van der Waals surface area contributed by atoms with Crippen molar-refractivity contribution in [3.8, 4) is 11.5 Å². The highest BCUT2D eigenvalue weighted by Crippen LogP contribution is 2.42. The molecular weight excluding hydrogens is 576 g/mol. The van der Waals surface area contributed by atoms with Gasteiger partial charge in [-0.05, 0) is 63.4 Å². The number of piperidine rings is 1. The van der Waals surface area contributed by atoms with Gasteiger partial charge in [0.2, 0.25) is 0 Å². The van der Waals surface area contributed by atoms with Gasteiger partial charge in [0, 0.05) is 31.5 Å². The molecular formula is C34H40N4O5S. The zero-order valence-corrected chi connectivity index (χ0v) is 26.5. The largest absolute Gasteiger partial charge is 0.490 e. The summed E-state index contributed by atoms with van der Waals surface area (Å²) in [6, 6.07) is 24.4. The number of likely N-dealkylation sites (tertiary alicyclic amines) is 1. The van der Waals surface area contributed by atoms with Crippen molar-refractivity contribution >= 4 is 40.1 Å². The van der Waals surface area contributed by atoms with Gasteiger partial charge in [-0.3, -0.25) is 10.2 Å². The Labute approximate surface area is 263 Å². The summed E-state index contributed by atoms with van der Waals surface area (Å²) in [6.07, 6.45) is 3.02. The molecule has 2 heterocycles. The topological polar surface area (TPSA) is 104 Å². The van der Waals surface area contributed by atoms with Crippen molar-refractivity contribution in [1.29, 1.82) is 5.41 Å². The predicted octanol–water partition coefficient (Wildman–Crippen LogP) is 6.70. The second-order valence-corrected chi connectivity index (χ2v) is 12.8. The van der Waals surface area contributed by atoms with Gasteiger partial charge in [-0.1, -0.05) is 42.5 Å². The van der Waals surface area contributed by atoms with Crippen LogP contribution in [0.5, 0.6) is 11.5 Å². The number of carbonyl (C=O) groups excluding carboxylic acids is 2. The zero-order valence-electron chi connectivity index (χ0n) is 25.7. The molecule has 2 aliphatic heterocycles. The molecule has 0 saturated carbocycles. The van der Waals surface area contributed by atoms with Crippen LogP contribution in [-0.4, -0.2) is 71.7 Å². The maximum Gasteiger partial charge on any atom is 0.410 e. The van der Waals surface area contributed by atoms with Crippen LogP contribution >= 0.6 is 11.8 Å². The van der Waals surface area contributed by atoms with E-state index in [1.807, 2.05) is 111 Å². The third kappa shape index (κ3) is 7.13. The van der Waals surface area contributed by atoms with Crippen LogP contribution in [0.3, 0.4) is 0 Å². The molecule has 1 atom stereocenters. The standard InChI is InChI=1S/C34H40N4O5S/c1-33(2,3)43-32(40)37-20-18-27(19-21-37)42-26-16-14-25(15-17-26)41-23-34(31(35)44-4)36-28-12-8-9-13-29(28)38(34)22-30(39)24-10-6-5-7-11-24/h5-17,27,35-36H,18-23H2,1-4H3. The lowest BCUT2D eigenvalue weighted by Gasteiger charge is -2.39. The Morgan fingerprint density at radius 2 is 1.59 bits per heavy atom. The first kappa shape index (κ1) is 31.3. The monoisotopic (exact) mass is 616 g/mol. The number of fused-ring (bicyclic) bond motifs is 1. The summed E-state index contributed by atoms with van der Waals surface area (Å²) < 4.78 is 18.0. The minimum Gasteiger partial charge on any atom is -0.490 e. The Morgan fingerprint density at radius 3 is 2.25 bits per heavy atom. The van der Waals surface area contributed by atoms with Gasteiger partial charge in [0.25, 0.3) is 0 Å². The summed E-state index contributed by atoms with van der Waals surface area (Å²) in [5, 5.41) is 12.8. The number of carbonyl (C=O) groups is 2. The molecule has 2 N–H and O–H groups in total. The average Bonchev–Trinajstić information content (AvgIpc) is 3.34. The van der Waals surface area contributed by atoms with E-state index < -0.39 is 11.3 Å². The van der Waals surface area contributed by atoms with Crippen molar-refractivity contribution in [1.82, 2.24) is 4.90 Å². The molecule has 232 valence electrons. The van der Waals surface area contributed by atoms with E-state index in [0.717, 1.165) is 30.0 Å². The number of nitrogens with zero attached hydrogens (tertiary/aromatic N) is 2. The van der Waals surface area contributed by atoms with Gasteiger partial charge in [-0.15, -0.1) is 11.8 Å². The third-order valence-corrected chi connectivity index (χ3v) is 8.39. The summed E-state index contributed by atoms with van der Waals surface area (Å²) in [7, 11) is 0. The van der Waals surface area contributed by atoms with Crippen molar-refractivity contribution in [2.75, 3.05) is 42.7 Å².